The Bertz CT molecular complexity index is 934. The minimum Gasteiger partial charge on any atom is -0.494 e. The van der Waals surface area contributed by atoms with Crippen LogP contribution >= 0.6 is 0 Å². The lowest BCUT2D eigenvalue weighted by molar-refractivity contribution is -0.137. The first-order valence-electron chi connectivity index (χ1n) is 10.3. The van der Waals surface area contributed by atoms with Crippen LogP contribution in [0.2, 0.25) is 0 Å². The van der Waals surface area contributed by atoms with Crippen molar-refractivity contribution in [2.24, 2.45) is 0 Å². The van der Waals surface area contributed by atoms with Gasteiger partial charge in [-0.1, -0.05) is 35.9 Å². The number of ether oxygens (including phenoxy) is 2. The summed E-state index contributed by atoms with van der Waals surface area (Å²) in [5.74, 6) is 0.0861. The first-order chi connectivity index (χ1) is 14.5. The lowest BCUT2D eigenvalue weighted by Gasteiger charge is -2.15. The van der Waals surface area contributed by atoms with Gasteiger partial charge in [0.05, 0.1) is 12.2 Å². The number of carbonyl (C=O) groups excluding carboxylic acids is 2. The molecule has 0 unspecified atom stereocenters. The second kappa shape index (κ2) is 10.1. The van der Waals surface area contributed by atoms with Crippen LogP contribution in [0.3, 0.4) is 0 Å². The molecule has 0 aromatic heterocycles. The fraction of sp³-hybridized carbons (Fsp3) is 0.333. The van der Waals surface area contributed by atoms with Crippen LogP contribution in [-0.4, -0.2) is 43.1 Å². The van der Waals surface area contributed by atoms with Gasteiger partial charge in [0.15, 0.2) is 0 Å². The molecule has 0 saturated heterocycles. The van der Waals surface area contributed by atoms with Gasteiger partial charge in [-0.2, -0.15) is 0 Å². The molecular weight excluding hydrogens is 380 g/mol. The van der Waals surface area contributed by atoms with Gasteiger partial charge in [-0.15, -0.1) is 0 Å². The van der Waals surface area contributed by atoms with E-state index < -0.39 is 0 Å². The maximum absolute atomic E-state index is 13.2. The number of anilines is 1. The van der Waals surface area contributed by atoms with E-state index in [9.17, 15) is 9.59 Å². The van der Waals surface area contributed by atoms with E-state index in [-0.39, 0.29) is 17.5 Å². The molecule has 1 heterocycles. The van der Waals surface area contributed by atoms with Crippen LogP contribution in [0.15, 0.2) is 54.2 Å². The van der Waals surface area contributed by atoms with Crippen molar-refractivity contribution in [2.45, 2.75) is 27.2 Å². The molecule has 0 fully saturated rings. The van der Waals surface area contributed by atoms with Crippen LogP contribution in [-0.2, 0) is 14.3 Å². The highest BCUT2D eigenvalue weighted by Crippen LogP contribution is 2.31. The van der Waals surface area contributed by atoms with Gasteiger partial charge in [-0.25, -0.2) is 0 Å². The van der Waals surface area contributed by atoms with E-state index in [1.807, 2.05) is 69.3 Å². The van der Waals surface area contributed by atoms with Gasteiger partial charge in [0.2, 0.25) is 0 Å². The zero-order valence-corrected chi connectivity index (χ0v) is 17.7. The van der Waals surface area contributed by atoms with Crippen molar-refractivity contribution in [1.29, 1.82) is 0 Å². The predicted octanol–water partition coefficient (Wildman–Crippen LogP) is 4.01. The third kappa shape index (κ3) is 4.89. The molecule has 0 bridgehead atoms. The predicted molar refractivity (Wildman–Crippen MR) is 117 cm³/mol. The van der Waals surface area contributed by atoms with Crippen molar-refractivity contribution in [3.63, 3.8) is 0 Å². The van der Waals surface area contributed by atoms with E-state index in [1.165, 1.54) is 4.90 Å². The highest BCUT2D eigenvalue weighted by molar-refractivity contribution is 6.36. The van der Waals surface area contributed by atoms with Crippen LogP contribution in [0, 0.1) is 6.92 Å². The summed E-state index contributed by atoms with van der Waals surface area (Å²) >= 11 is 0. The van der Waals surface area contributed by atoms with Crippen molar-refractivity contribution in [3.8, 4) is 5.75 Å². The fourth-order valence-electron chi connectivity index (χ4n) is 3.33. The average Bonchev–Trinajstić information content (AvgIpc) is 2.96. The number of hydrogen-bond acceptors (Lipinski definition) is 5. The first-order valence-corrected chi connectivity index (χ1v) is 10.3. The molecule has 6 heteroatoms. The molecular formula is C24H28N2O4. The second-order valence-electron chi connectivity index (χ2n) is 7.01. The summed E-state index contributed by atoms with van der Waals surface area (Å²) < 4.78 is 10.9. The molecule has 1 N–H and O–H groups in total. The smallest absolute Gasteiger partial charge is 0.278 e. The normalized spacial score (nSPS) is 13.9. The number of benzene rings is 2. The molecule has 0 aliphatic carbocycles. The number of nitrogens with one attached hydrogen (secondary N) is 1. The maximum Gasteiger partial charge on any atom is 0.278 e. The molecule has 0 radical (unpaired) electrons. The topological polar surface area (TPSA) is 67.9 Å². The fourth-order valence-corrected chi connectivity index (χ4v) is 3.33. The zero-order chi connectivity index (χ0) is 21.5. The van der Waals surface area contributed by atoms with Crippen molar-refractivity contribution < 1.29 is 19.1 Å². The van der Waals surface area contributed by atoms with Crippen LogP contribution in [0.1, 0.15) is 31.4 Å². The Labute approximate surface area is 177 Å². The Morgan fingerprint density at radius 3 is 2.43 bits per heavy atom. The lowest BCUT2D eigenvalue weighted by Crippen LogP contribution is -2.34. The Morgan fingerprint density at radius 2 is 1.73 bits per heavy atom. The SMILES string of the molecule is CCOCCCN1C(=O)C(Nc2cccc(OCC)c2)=C(c2ccc(C)cc2)C1=O. The molecule has 0 atom stereocenters. The molecule has 6 nitrogen and oxygen atoms in total. The third-order valence-electron chi connectivity index (χ3n) is 4.80. The Balaban J connectivity index is 1.92. The van der Waals surface area contributed by atoms with E-state index in [2.05, 4.69) is 5.32 Å². The number of rotatable bonds is 10. The molecule has 2 amide bonds. The average molecular weight is 408 g/mol. The Hall–Kier alpha value is -3.12. The van der Waals surface area contributed by atoms with Gasteiger partial charge in [-0.05, 0) is 44.9 Å². The quantitative estimate of drug-likeness (QED) is 0.475. The van der Waals surface area contributed by atoms with Gasteiger partial charge in [0, 0.05) is 31.5 Å². The number of carbonyl (C=O) groups is 2. The maximum atomic E-state index is 13.2. The summed E-state index contributed by atoms with van der Waals surface area (Å²) in [4.78, 5) is 27.6. The highest BCUT2D eigenvalue weighted by Gasteiger charge is 2.38. The summed E-state index contributed by atoms with van der Waals surface area (Å²) in [6, 6.07) is 15.0. The van der Waals surface area contributed by atoms with Crippen LogP contribution in [0.25, 0.3) is 5.57 Å². The third-order valence-corrected chi connectivity index (χ3v) is 4.80. The highest BCUT2D eigenvalue weighted by atomic mass is 16.5. The zero-order valence-electron chi connectivity index (χ0n) is 17.7. The minimum absolute atomic E-state index is 0.286. The van der Waals surface area contributed by atoms with Crippen LogP contribution in [0.5, 0.6) is 5.75 Å². The monoisotopic (exact) mass is 408 g/mol. The molecule has 0 saturated carbocycles. The van der Waals surface area contributed by atoms with Gasteiger partial charge < -0.3 is 14.8 Å². The molecule has 1 aliphatic heterocycles. The summed E-state index contributed by atoms with van der Waals surface area (Å²) in [5, 5.41) is 3.17. The molecule has 30 heavy (non-hydrogen) atoms. The van der Waals surface area contributed by atoms with E-state index in [4.69, 9.17) is 9.47 Å². The number of amides is 2. The van der Waals surface area contributed by atoms with Gasteiger partial charge in [0.1, 0.15) is 11.4 Å². The second-order valence-corrected chi connectivity index (χ2v) is 7.01. The molecule has 2 aromatic rings. The van der Waals surface area contributed by atoms with Crippen molar-refractivity contribution >= 4 is 23.1 Å². The summed E-state index contributed by atoms with van der Waals surface area (Å²) in [7, 11) is 0. The van der Waals surface area contributed by atoms with Gasteiger partial charge in [0.25, 0.3) is 11.8 Å². The lowest BCUT2D eigenvalue weighted by atomic mass is 10.0. The Kier molecular flexibility index (Phi) is 7.25. The van der Waals surface area contributed by atoms with E-state index >= 15 is 0 Å². The molecule has 0 spiro atoms. The van der Waals surface area contributed by atoms with Gasteiger partial charge in [-0.3, -0.25) is 14.5 Å². The van der Waals surface area contributed by atoms with Crippen LogP contribution < -0.4 is 10.1 Å². The number of imide groups is 1. The van der Waals surface area contributed by atoms with Gasteiger partial charge >= 0.3 is 0 Å². The molecule has 1 aliphatic rings. The standard InChI is InChI=1S/C24H28N2O4/c1-4-29-15-7-14-26-23(27)21(18-12-10-17(3)11-13-18)22(24(26)28)25-19-8-6-9-20(16-19)30-5-2/h6,8-13,16,25H,4-5,7,14-15H2,1-3H3. The number of aryl methyl sites for hydroxylation is 1. The van der Waals surface area contributed by atoms with E-state index in [0.717, 1.165) is 11.1 Å². The molecule has 3 rings (SSSR count). The van der Waals surface area contributed by atoms with Crippen molar-refractivity contribution in [1.82, 2.24) is 4.90 Å². The minimum atomic E-state index is -0.325. The van der Waals surface area contributed by atoms with Crippen LogP contribution in [0.4, 0.5) is 5.69 Å². The molecule has 158 valence electrons. The van der Waals surface area contributed by atoms with E-state index in [1.54, 1.807) is 0 Å². The van der Waals surface area contributed by atoms with Crippen molar-refractivity contribution in [2.75, 3.05) is 31.7 Å². The van der Waals surface area contributed by atoms with Crippen molar-refractivity contribution in [3.05, 3.63) is 65.4 Å². The first kappa shape index (κ1) is 21.6. The Morgan fingerprint density at radius 1 is 0.967 bits per heavy atom. The summed E-state index contributed by atoms with van der Waals surface area (Å²) in [5.41, 5.74) is 3.17. The largest absolute Gasteiger partial charge is 0.494 e. The number of nitrogens with zero attached hydrogens (tertiary/aromatic N) is 1. The summed E-state index contributed by atoms with van der Waals surface area (Å²) in [6.07, 6.45) is 0.597. The summed E-state index contributed by atoms with van der Waals surface area (Å²) in [6.45, 7) is 7.80. The van der Waals surface area contributed by atoms with E-state index in [0.29, 0.717) is 49.8 Å². The number of hydrogen-bond donors (Lipinski definition) is 1. The molecule has 2 aromatic carbocycles.